The molecule has 0 atom stereocenters. The molecule has 0 bridgehead atoms. The first-order valence-corrected chi connectivity index (χ1v) is 7.16. The highest BCUT2D eigenvalue weighted by atomic mass is 16.5. The Morgan fingerprint density at radius 3 is 2.67 bits per heavy atom. The molecule has 0 fully saturated rings. The van der Waals surface area contributed by atoms with E-state index < -0.39 is 0 Å². The van der Waals surface area contributed by atoms with Gasteiger partial charge in [-0.2, -0.15) is 0 Å². The lowest BCUT2D eigenvalue weighted by molar-refractivity contribution is 0.0310. The zero-order valence-corrected chi connectivity index (χ0v) is 13.4. The molecule has 0 aromatic carbocycles. The van der Waals surface area contributed by atoms with Crippen molar-refractivity contribution in [1.29, 1.82) is 0 Å². The van der Waals surface area contributed by atoms with Gasteiger partial charge in [-0.15, -0.1) is 0 Å². The Morgan fingerprint density at radius 1 is 1.29 bits per heavy atom. The van der Waals surface area contributed by atoms with E-state index >= 15 is 0 Å². The fourth-order valence-corrected chi connectivity index (χ4v) is 1.54. The van der Waals surface area contributed by atoms with Crippen molar-refractivity contribution in [2.24, 2.45) is 4.99 Å². The van der Waals surface area contributed by atoms with E-state index in [1.807, 2.05) is 26.0 Å². The van der Waals surface area contributed by atoms with Crippen LogP contribution in [0.3, 0.4) is 0 Å². The van der Waals surface area contributed by atoms with E-state index in [4.69, 9.17) is 13.9 Å². The van der Waals surface area contributed by atoms with Gasteiger partial charge >= 0.3 is 0 Å². The summed E-state index contributed by atoms with van der Waals surface area (Å²) in [6, 6.07) is 3.85. The molecule has 1 aromatic rings. The second kappa shape index (κ2) is 9.41. The van der Waals surface area contributed by atoms with Gasteiger partial charge < -0.3 is 24.5 Å². The predicted molar refractivity (Wildman–Crippen MR) is 83.7 cm³/mol. The molecule has 0 radical (unpaired) electrons. The highest BCUT2D eigenvalue weighted by molar-refractivity contribution is 5.79. The number of aliphatic imine (C=N–C) groups is 1. The highest BCUT2D eigenvalue weighted by Gasteiger charge is 2.15. The molecule has 0 saturated heterocycles. The van der Waals surface area contributed by atoms with Crippen LogP contribution in [0.15, 0.2) is 27.8 Å². The van der Waals surface area contributed by atoms with Crippen molar-refractivity contribution in [3.8, 4) is 0 Å². The van der Waals surface area contributed by atoms with Gasteiger partial charge in [0.2, 0.25) is 0 Å². The number of hydrogen-bond acceptors (Lipinski definition) is 4. The number of hydrogen-bond donors (Lipinski definition) is 2. The normalized spacial score (nSPS) is 12.5. The first kappa shape index (κ1) is 17.5. The molecule has 6 heteroatoms. The monoisotopic (exact) mass is 297 g/mol. The minimum absolute atomic E-state index is 0.281. The molecule has 1 heterocycles. The SMILES string of the molecule is COCCNC(=NCC(C)(C)OC)NCCc1ccco1. The molecule has 0 spiro atoms. The van der Waals surface area contributed by atoms with Crippen molar-refractivity contribution < 1.29 is 13.9 Å². The Morgan fingerprint density at radius 2 is 2.05 bits per heavy atom. The number of nitrogens with zero attached hydrogens (tertiary/aromatic N) is 1. The Labute approximate surface area is 126 Å². The van der Waals surface area contributed by atoms with Crippen LogP contribution in [0.4, 0.5) is 0 Å². The first-order valence-electron chi connectivity index (χ1n) is 7.16. The Balaban J connectivity index is 2.44. The Hall–Kier alpha value is -1.53. The third-order valence-electron chi connectivity index (χ3n) is 3.01. The van der Waals surface area contributed by atoms with E-state index in [9.17, 15) is 0 Å². The van der Waals surface area contributed by atoms with Crippen LogP contribution in [0.5, 0.6) is 0 Å². The summed E-state index contributed by atoms with van der Waals surface area (Å²) in [5.41, 5.74) is -0.281. The van der Waals surface area contributed by atoms with Gasteiger partial charge in [0.25, 0.3) is 0 Å². The molecule has 2 N–H and O–H groups in total. The van der Waals surface area contributed by atoms with E-state index in [2.05, 4.69) is 15.6 Å². The number of methoxy groups -OCH3 is 2. The molecule has 0 aliphatic carbocycles. The molecule has 0 unspecified atom stereocenters. The van der Waals surface area contributed by atoms with E-state index in [0.29, 0.717) is 19.7 Å². The van der Waals surface area contributed by atoms with Gasteiger partial charge in [-0.3, -0.25) is 4.99 Å². The molecule has 0 amide bonds. The van der Waals surface area contributed by atoms with Gasteiger partial charge in [0.15, 0.2) is 5.96 Å². The molecule has 0 aliphatic rings. The summed E-state index contributed by atoms with van der Waals surface area (Å²) in [7, 11) is 3.37. The maximum Gasteiger partial charge on any atom is 0.191 e. The number of nitrogens with one attached hydrogen (secondary N) is 2. The third kappa shape index (κ3) is 7.72. The predicted octanol–water partition coefficient (Wildman–Crippen LogP) is 1.43. The minimum Gasteiger partial charge on any atom is -0.469 e. The molecule has 0 saturated carbocycles. The molecule has 0 aliphatic heterocycles. The maximum atomic E-state index is 5.37. The second-order valence-electron chi connectivity index (χ2n) is 5.30. The van der Waals surface area contributed by atoms with Crippen molar-refractivity contribution >= 4 is 5.96 Å². The van der Waals surface area contributed by atoms with E-state index in [0.717, 1.165) is 24.7 Å². The summed E-state index contributed by atoms with van der Waals surface area (Å²) >= 11 is 0. The fourth-order valence-electron chi connectivity index (χ4n) is 1.54. The zero-order valence-electron chi connectivity index (χ0n) is 13.4. The summed E-state index contributed by atoms with van der Waals surface area (Å²) in [5, 5.41) is 6.51. The number of furan rings is 1. The summed E-state index contributed by atoms with van der Waals surface area (Å²) < 4.78 is 15.7. The Kier molecular flexibility index (Phi) is 7.85. The van der Waals surface area contributed by atoms with Crippen molar-refractivity contribution in [3.63, 3.8) is 0 Å². The molecule has 1 rings (SSSR count). The third-order valence-corrected chi connectivity index (χ3v) is 3.01. The van der Waals surface area contributed by atoms with Crippen LogP contribution < -0.4 is 10.6 Å². The molecule has 21 heavy (non-hydrogen) atoms. The van der Waals surface area contributed by atoms with Gasteiger partial charge in [-0.05, 0) is 26.0 Å². The Bertz CT molecular complexity index is 402. The fraction of sp³-hybridized carbons (Fsp3) is 0.667. The average molecular weight is 297 g/mol. The van der Waals surface area contributed by atoms with Crippen molar-refractivity contribution in [2.45, 2.75) is 25.9 Å². The van der Waals surface area contributed by atoms with Crippen LogP contribution in [-0.4, -0.2) is 52.0 Å². The van der Waals surface area contributed by atoms with Crippen LogP contribution in [0.2, 0.25) is 0 Å². The van der Waals surface area contributed by atoms with Gasteiger partial charge in [-0.1, -0.05) is 0 Å². The van der Waals surface area contributed by atoms with Crippen LogP contribution in [-0.2, 0) is 15.9 Å². The van der Waals surface area contributed by atoms with E-state index in [1.165, 1.54) is 0 Å². The number of rotatable bonds is 9. The van der Waals surface area contributed by atoms with Crippen LogP contribution in [0.25, 0.3) is 0 Å². The van der Waals surface area contributed by atoms with Gasteiger partial charge in [0.1, 0.15) is 5.76 Å². The lowest BCUT2D eigenvalue weighted by atomic mass is 10.1. The zero-order chi connectivity index (χ0) is 15.6. The largest absolute Gasteiger partial charge is 0.469 e. The molecule has 1 aromatic heterocycles. The maximum absolute atomic E-state index is 5.37. The lowest BCUT2D eigenvalue weighted by Gasteiger charge is -2.21. The average Bonchev–Trinajstić information content (AvgIpc) is 2.98. The van der Waals surface area contributed by atoms with Crippen LogP contribution in [0.1, 0.15) is 19.6 Å². The summed E-state index contributed by atoms with van der Waals surface area (Å²) in [4.78, 5) is 4.54. The van der Waals surface area contributed by atoms with E-state index in [1.54, 1.807) is 20.5 Å². The van der Waals surface area contributed by atoms with Gasteiger partial charge in [0.05, 0.1) is 25.0 Å². The van der Waals surface area contributed by atoms with Crippen LogP contribution >= 0.6 is 0 Å². The second-order valence-corrected chi connectivity index (χ2v) is 5.30. The van der Waals surface area contributed by atoms with Crippen molar-refractivity contribution in [2.75, 3.05) is 40.5 Å². The van der Waals surface area contributed by atoms with Crippen molar-refractivity contribution in [1.82, 2.24) is 10.6 Å². The molecular formula is C15H27N3O3. The van der Waals surface area contributed by atoms with Crippen LogP contribution in [0, 0.1) is 0 Å². The molecular weight excluding hydrogens is 270 g/mol. The summed E-state index contributed by atoms with van der Waals surface area (Å²) in [5.74, 6) is 1.71. The quantitative estimate of drug-likeness (QED) is 0.410. The summed E-state index contributed by atoms with van der Waals surface area (Å²) in [6.45, 7) is 6.67. The van der Waals surface area contributed by atoms with Gasteiger partial charge in [-0.25, -0.2) is 0 Å². The summed E-state index contributed by atoms with van der Waals surface area (Å²) in [6.07, 6.45) is 2.49. The highest BCUT2D eigenvalue weighted by Crippen LogP contribution is 2.07. The smallest absolute Gasteiger partial charge is 0.191 e. The molecule has 120 valence electrons. The van der Waals surface area contributed by atoms with E-state index in [-0.39, 0.29) is 5.60 Å². The number of guanidine groups is 1. The number of ether oxygens (including phenoxy) is 2. The first-order chi connectivity index (χ1) is 10.1. The topological polar surface area (TPSA) is 68.0 Å². The standard InChI is InChI=1S/C15H27N3O3/c1-15(2,20-4)12-18-14(17-9-11-19-3)16-8-7-13-6-5-10-21-13/h5-6,10H,7-9,11-12H2,1-4H3,(H2,16,17,18). The lowest BCUT2D eigenvalue weighted by Crippen LogP contribution is -2.41. The van der Waals surface area contributed by atoms with Gasteiger partial charge in [0, 0.05) is 33.7 Å². The minimum atomic E-state index is -0.281. The van der Waals surface area contributed by atoms with Crippen molar-refractivity contribution in [3.05, 3.63) is 24.2 Å². The molecule has 6 nitrogen and oxygen atoms in total.